The lowest BCUT2D eigenvalue weighted by Gasteiger charge is -2.14. The molecule has 2 rings (SSSR count). The van der Waals surface area contributed by atoms with Gasteiger partial charge < -0.3 is 20.2 Å². The molecule has 5 heteroatoms. The van der Waals surface area contributed by atoms with Crippen molar-refractivity contribution in [3.05, 3.63) is 28.6 Å². The molecule has 0 unspecified atom stereocenters. The third-order valence-corrected chi connectivity index (χ3v) is 2.51. The van der Waals surface area contributed by atoms with Gasteiger partial charge in [0.15, 0.2) is 5.75 Å². The highest BCUT2D eigenvalue weighted by molar-refractivity contribution is 5.89. The van der Waals surface area contributed by atoms with Gasteiger partial charge in [-0.2, -0.15) is 0 Å². The van der Waals surface area contributed by atoms with E-state index in [1.807, 2.05) is 13.8 Å². The molecule has 1 heterocycles. The number of anilines is 1. The minimum absolute atomic E-state index is 0.105. The molecule has 3 N–H and O–H groups in total. The molecule has 18 heavy (non-hydrogen) atoms. The van der Waals surface area contributed by atoms with Crippen molar-refractivity contribution in [3.8, 4) is 11.5 Å². The molecular formula is C13H16N2O3. The fourth-order valence-electron chi connectivity index (χ4n) is 1.81. The van der Waals surface area contributed by atoms with Crippen LogP contribution in [0, 0.1) is 0 Å². The molecule has 0 bridgehead atoms. The second kappa shape index (κ2) is 4.60. The van der Waals surface area contributed by atoms with E-state index in [1.165, 1.54) is 7.11 Å². The van der Waals surface area contributed by atoms with Gasteiger partial charge in [0.25, 0.3) is 5.56 Å². The molecule has 0 aliphatic rings. The number of ether oxygens (including phenoxy) is 2. The number of rotatable bonds is 3. The Labute approximate surface area is 105 Å². The van der Waals surface area contributed by atoms with Crippen LogP contribution in [-0.4, -0.2) is 18.2 Å². The number of pyridine rings is 1. The number of nitrogens with two attached hydrogens (primary N) is 1. The zero-order chi connectivity index (χ0) is 13.3. The van der Waals surface area contributed by atoms with Crippen LogP contribution in [-0.2, 0) is 0 Å². The first kappa shape index (κ1) is 12.3. The van der Waals surface area contributed by atoms with Crippen LogP contribution in [0.4, 0.5) is 5.69 Å². The normalized spacial score (nSPS) is 10.9. The summed E-state index contributed by atoms with van der Waals surface area (Å²) in [4.78, 5) is 14.7. The van der Waals surface area contributed by atoms with Crippen molar-refractivity contribution >= 4 is 16.6 Å². The van der Waals surface area contributed by atoms with Crippen molar-refractivity contribution in [3.63, 3.8) is 0 Å². The van der Waals surface area contributed by atoms with Gasteiger partial charge in [0.1, 0.15) is 0 Å². The van der Waals surface area contributed by atoms with Crippen LogP contribution in [0.3, 0.4) is 0 Å². The average molecular weight is 248 g/mol. The maximum absolute atomic E-state index is 12.0. The van der Waals surface area contributed by atoms with Crippen LogP contribution in [0.5, 0.6) is 11.5 Å². The Hall–Kier alpha value is -2.17. The first-order chi connectivity index (χ1) is 8.52. The first-order valence-corrected chi connectivity index (χ1v) is 5.69. The summed E-state index contributed by atoms with van der Waals surface area (Å²) in [5, 5.41) is 0.766. The summed E-state index contributed by atoms with van der Waals surface area (Å²) >= 11 is 0. The van der Waals surface area contributed by atoms with E-state index in [0.717, 1.165) is 5.39 Å². The largest absolute Gasteiger partial charge is 0.492 e. The molecule has 0 aliphatic carbocycles. The van der Waals surface area contributed by atoms with E-state index in [-0.39, 0.29) is 17.4 Å². The lowest BCUT2D eigenvalue weighted by molar-refractivity contribution is 0.227. The van der Waals surface area contributed by atoms with Crippen LogP contribution in [0.15, 0.2) is 23.0 Å². The molecule has 2 aromatic rings. The maximum Gasteiger partial charge on any atom is 0.294 e. The van der Waals surface area contributed by atoms with Crippen LogP contribution < -0.4 is 20.8 Å². The maximum atomic E-state index is 12.0. The summed E-state index contributed by atoms with van der Waals surface area (Å²) in [7, 11) is 1.51. The molecule has 0 aliphatic heterocycles. The van der Waals surface area contributed by atoms with Gasteiger partial charge in [-0.3, -0.25) is 4.79 Å². The van der Waals surface area contributed by atoms with E-state index >= 15 is 0 Å². The topological polar surface area (TPSA) is 77.3 Å². The molecule has 5 nitrogen and oxygen atoms in total. The number of nitrogen functional groups attached to an aromatic ring is 1. The molecule has 96 valence electrons. The Kier molecular flexibility index (Phi) is 3.14. The van der Waals surface area contributed by atoms with Crippen LogP contribution in [0.1, 0.15) is 13.8 Å². The van der Waals surface area contributed by atoms with Crippen molar-refractivity contribution in [2.45, 2.75) is 20.0 Å². The Balaban J connectivity index is 2.75. The zero-order valence-corrected chi connectivity index (χ0v) is 10.6. The molecule has 0 amide bonds. The van der Waals surface area contributed by atoms with E-state index in [1.54, 1.807) is 18.2 Å². The Bertz CT molecular complexity index is 632. The Morgan fingerprint density at radius 1 is 1.28 bits per heavy atom. The number of hydrogen-bond donors (Lipinski definition) is 2. The number of nitrogens with one attached hydrogen (secondary N) is 1. The summed E-state index contributed by atoms with van der Waals surface area (Å²) < 4.78 is 10.8. The predicted molar refractivity (Wildman–Crippen MR) is 71.3 cm³/mol. The monoisotopic (exact) mass is 248 g/mol. The molecule has 0 saturated carbocycles. The van der Waals surface area contributed by atoms with Gasteiger partial charge in [0.2, 0.25) is 5.75 Å². The number of H-pyrrole nitrogens is 1. The number of aromatic amines is 1. The van der Waals surface area contributed by atoms with Crippen LogP contribution >= 0.6 is 0 Å². The highest BCUT2D eigenvalue weighted by Crippen LogP contribution is 2.32. The third kappa shape index (κ3) is 2.11. The Morgan fingerprint density at radius 2 is 2.00 bits per heavy atom. The van der Waals surface area contributed by atoms with Crippen molar-refractivity contribution in [2.75, 3.05) is 12.8 Å². The van der Waals surface area contributed by atoms with E-state index < -0.39 is 0 Å². The number of hydrogen-bond acceptors (Lipinski definition) is 4. The van der Waals surface area contributed by atoms with E-state index in [9.17, 15) is 4.79 Å². The van der Waals surface area contributed by atoms with Crippen LogP contribution in [0.2, 0.25) is 0 Å². The molecule has 0 spiro atoms. The fourth-order valence-corrected chi connectivity index (χ4v) is 1.81. The van der Waals surface area contributed by atoms with Crippen molar-refractivity contribution in [1.29, 1.82) is 0 Å². The summed E-state index contributed by atoms with van der Waals surface area (Å²) in [6.07, 6.45) is -0.105. The second-order valence-corrected chi connectivity index (χ2v) is 4.29. The average Bonchev–Trinajstić information content (AvgIpc) is 2.29. The predicted octanol–water partition coefficient (Wildman–Crippen LogP) is 1.91. The molecule has 0 fully saturated rings. The Morgan fingerprint density at radius 3 is 2.61 bits per heavy atom. The van der Waals surface area contributed by atoms with E-state index in [2.05, 4.69) is 4.98 Å². The van der Waals surface area contributed by atoms with Gasteiger partial charge in [-0.25, -0.2) is 0 Å². The summed E-state index contributed by atoms with van der Waals surface area (Å²) in [6, 6.07) is 5.24. The molecular weight excluding hydrogens is 232 g/mol. The standard InChI is InChI=1S/C13H16N2O3/c1-7(2)18-12-11(17-3)9-5-4-8(14)6-10(9)15-13(12)16/h4-7H,14H2,1-3H3,(H,15,16). The molecule has 0 atom stereocenters. The van der Waals surface area contributed by atoms with Gasteiger partial charge in [-0.15, -0.1) is 0 Å². The summed E-state index contributed by atoms with van der Waals surface area (Å²) in [5.74, 6) is 0.632. The fraction of sp³-hybridized carbons (Fsp3) is 0.308. The number of fused-ring (bicyclic) bond motifs is 1. The van der Waals surface area contributed by atoms with Gasteiger partial charge in [0.05, 0.1) is 18.7 Å². The quantitative estimate of drug-likeness (QED) is 0.813. The lowest BCUT2D eigenvalue weighted by Crippen LogP contribution is -2.17. The highest BCUT2D eigenvalue weighted by Gasteiger charge is 2.15. The second-order valence-electron chi connectivity index (χ2n) is 4.29. The summed E-state index contributed by atoms with van der Waals surface area (Å²) in [5.41, 5.74) is 6.58. The zero-order valence-electron chi connectivity index (χ0n) is 10.6. The number of methoxy groups -OCH3 is 1. The van der Waals surface area contributed by atoms with Gasteiger partial charge >= 0.3 is 0 Å². The number of benzene rings is 1. The van der Waals surface area contributed by atoms with E-state index in [4.69, 9.17) is 15.2 Å². The SMILES string of the molecule is COc1c(OC(C)C)c(=O)[nH]c2cc(N)ccc12. The molecule has 1 aromatic carbocycles. The lowest BCUT2D eigenvalue weighted by atomic mass is 10.2. The highest BCUT2D eigenvalue weighted by atomic mass is 16.5. The molecule has 0 saturated heterocycles. The minimum atomic E-state index is -0.321. The summed E-state index contributed by atoms with van der Waals surface area (Å²) in [6.45, 7) is 3.71. The smallest absolute Gasteiger partial charge is 0.294 e. The minimum Gasteiger partial charge on any atom is -0.492 e. The van der Waals surface area contributed by atoms with Gasteiger partial charge in [-0.1, -0.05) is 0 Å². The third-order valence-electron chi connectivity index (χ3n) is 2.51. The van der Waals surface area contributed by atoms with Crippen molar-refractivity contribution in [1.82, 2.24) is 4.98 Å². The number of aromatic nitrogens is 1. The van der Waals surface area contributed by atoms with E-state index in [0.29, 0.717) is 17.0 Å². The first-order valence-electron chi connectivity index (χ1n) is 5.69. The van der Waals surface area contributed by atoms with Gasteiger partial charge in [-0.05, 0) is 32.0 Å². The van der Waals surface area contributed by atoms with Crippen molar-refractivity contribution in [2.24, 2.45) is 0 Å². The molecule has 1 aromatic heterocycles. The van der Waals surface area contributed by atoms with Crippen molar-refractivity contribution < 1.29 is 9.47 Å². The molecule has 0 radical (unpaired) electrons. The van der Waals surface area contributed by atoms with Crippen LogP contribution in [0.25, 0.3) is 10.9 Å². The van der Waals surface area contributed by atoms with Gasteiger partial charge in [0, 0.05) is 11.1 Å².